The van der Waals surface area contributed by atoms with Crippen molar-refractivity contribution < 1.29 is 13.9 Å². The number of nitrogens with zero attached hydrogens (tertiary/aromatic N) is 1. The molecular formula is C17H18N2O3. The van der Waals surface area contributed by atoms with E-state index in [0.29, 0.717) is 22.7 Å². The van der Waals surface area contributed by atoms with Crippen molar-refractivity contribution in [2.45, 2.75) is 13.8 Å². The van der Waals surface area contributed by atoms with Gasteiger partial charge in [0.1, 0.15) is 5.52 Å². The minimum absolute atomic E-state index is 0. The Balaban J connectivity index is 0.00000176. The molecule has 0 aliphatic carbocycles. The van der Waals surface area contributed by atoms with Crippen molar-refractivity contribution in [3.05, 3.63) is 48.0 Å². The van der Waals surface area contributed by atoms with E-state index in [4.69, 9.17) is 10.2 Å². The molecule has 0 radical (unpaired) electrons. The molecule has 0 aliphatic heterocycles. The van der Waals surface area contributed by atoms with E-state index < -0.39 is 0 Å². The number of aromatic nitrogens is 1. The molecule has 0 saturated heterocycles. The summed E-state index contributed by atoms with van der Waals surface area (Å²) in [5.74, 6) is 0.184. The van der Waals surface area contributed by atoms with Crippen molar-refractivity contribution in [2.24, 2.45) is 0 Å². The van der Waals surface area contributed by atoms with Gasteiger partial charge in [-0.25, -0.2) is 4.98 Å². The van der Waals surface area contributed by atoms with E-state index in [2.05, 4.69) is 9.72 Å². The van der Waals surface area contributed by atoms with Crippen LogP contribution in [0.4, 0.5) is 5.69 Å². The summed E-state index contributed by atoms with van der Waals surface area (Å²) in [6.45, 7) is 0. The number of oxazole rings is 1. The molecule has 1 aromatic heterocycles. The molecule has 5 nitrogen and oxygen atoms in total. The van der Waals surface area contributed by atoms with Crippen LogP contribution in [0.25, 0.3) is 22.6 Å². The third-order valence-electron chi connectivity index (χ3n) is 3.22. The Hall–Kier alpha value is -2.82. The van der Waals surface area contributed by atoms with E-state index >= 15 is 0 Å². The highest BCUT2D eigenvalue weighted by atomic mass is 16.5. The van der Waals surface area contributed by atoms with Crippen LogP contribution in [-0.4, -0.2) is 18.1 Å². The summed E-state index contributed by atoms with van der Waals surface area (Å²) in [6.07, 6.45) is 0.210. The topological polar surface area (TPSA) is 78.3 Å². The normalized spacial score (nSPS) is 10.2. The number of nitrogen functional groups attached to an aromatic ring is 1. The zero-order valence-electron chi connectivity index (χ0n) is 11.5. The smallest absolute Gasteiger partial charge is 0.309 e. The number of methoxy groups -OCH3 is 1. The molecule has 0 unspecified atom stereocenters. The SMILES string of the molecule is C.COC(=O)Cc1ccc2oc(-c3ccccc3N)nc2c1. The van der Waals surface area contributed by atoms with Gasteiger partial charge in [0.15, 0.2) is 5.58 Å². The molecule has 0 saturated carbocycles. The third kappa shape index (κ3) is 2.93. The predicted octanol–water partition coefficient (Wildman–Crippen LogP) is 3.43. The maximum Gasteiger partial charge on any atom is 0.309 e. The average Bonchev–Trinajstić information content (AvgIpc) is 2.90. The fourth-order valence-electron chi connectivity index (χ4n) is 2.13. The minimum Gasteiger partial charge on any atom is -0.469 e. The maximum absolute atomic E-state index is 11.3. The Morgan fingerprint density at radius 2 is 2.05 bits per heavy atom. The fourth-order valence-corrected chi connectivity index (χ4v) is 2.13. The summed E-state index contributed by atoms with van der Waals surface area (Å²) in [7, 11) is 1.37. The summed E-state index contributed by atoms with van der Waals surface area (Å²) in [4.78, 5) is 15.7. The highest BCUT2D eigenvalue weighted by Gasteiger charge is 2.12. The number of carbonyl (C=O) groups excluding carboxylic acids is 1. The van der Waals surface area contributed by atoms with Crippen LogP contribution in [0.2, 0.25) is 0 Å². The Labute approximate surface area is 128 Å². The van der Waals surface area contributed by atoms with Crippen LogP contribution in [0, 0.1) is 0 Å². The van der Waals surface area contributed by atoms with Gasteiger partial charge in [-0.2, -0.15) is 0 Å². The Kier molecular flexibility index (Phi) is 4.46. The van der Waals surface area contributed by atoms with Gasteiger partial charge in [-0.3, -0.25) is 4.79 Å². The van der Waals surface area contributed by atoms with Crippen LogP contribution >= 0.6 is 0 Å². The molecule has 22 heavy (non-hydrogen) atoms. The number of anilines is 1. The second kappa shape index (κ2) is 6.30. The molecule has 0 atom stereocenters. The number of benzene rings is 2. The largest absolute Gasteiger partial charge is 0.469 e. The van der Waals surface area contributed by atoms with Gasteiger partial charge < -0.3 is 14.9 Å². The summed E-state index contributed by atoms with van der Waals surface area (Å²) in [5.41, 5.74) is 9.46. The van der Waals surface area contributed by atoms with Crippen LogP contribution in [0.5, 0.6) is 0 Å². The summed E-state index contributed by atoms with van der Waals surface area (Å²) in [5, 5.41) is 0. The molecule has 3 aromatic rings. The molecule has 2 aromatic carbocycles. The zero-order chi connectivity index (χ0) is 14.8. The molecule has 0 aliphatic rings. The third-order valence-corrected chi connectivity index (χ3v) is 3.22. The first-order chi connectivity index (χ1) is 10.2. The Bertz CT molecular complexity index is 809. The van der Waals surface area contributed by atoms with Gasteiger partial charge in [-0.05, 0) is 29.8 Å². The van der Waals surface area contributed by atoms with Gasteiger partial charge in [0.25, 0.3) is 0 Å². The lowest BCUT2D eigenvalue weighted by atomic mass is 10.1. The second-order valence-corrected chi connectivity index (χ2v) is 4.66. The van der Waals surface area contributed by atoms with Crippen LogP contribution in [0.1, 0.15) is 13.0 Å². The first-order valence-electron chi connectivity index (χ1n) is 6.48. The standard InChI is InChI=1S/C16H14N2O3.CH4/c1-20-15(19)9-10-6-7-14-13(8-10)18-16(21-14)11-4-2-3-5-12(11)17;/h2-8H,9,17H2,1H3;1H4. The molecule has 1 heterocycles. The fraction of sp³-hybridized carbons (Fsp3) is 0.176. The van der Waals surface area contributed by atoms with Gasteiger partial charge in [-0.15, -0.1) is 0 Å². The van der Waals surface area contributed by atoms with Gasteiger partial charge in [0.05, 0.1) is 19.1 Å². The molecule has 3 rings (SSSR count). The number of carbonyl (C=O) groups is 1. The quantitative estimate of drug-likeness (QED) is 0.592. The number of para-hydroxylation sites is 1. The lowest BCUT2D eigenvalue weighted by molar-refractivity contribution is -0.139. The van der Waals surface area contributed by atoms with E-state index in [0.717, 1.165) is 11.1 Å². The van der Waals surface area contributed by atoms with Crippen LogP contribution < -0.4 is 5.73 Å². The average molecular weight is 298 g/mol. The number of hydrogen-bond donors (Lipinski definition) is 1. The zero-order valence-corrected chi connectivity index (χ0v) is 11.5. The van der Waals surface area contributed by atoms with Crippen LogP contribution in [0.3, 0.4) is 0 Å². The minimum atomic E-state index is -0.287. The molecule has 114 valence electrons. The van der Waals surface area contributed by atoms with Crippen molar-refractivity contribution in [2.75, 3.05) is 12.8 Å². The van der Waals surface area contributed by atoms with Gasteiger partial charge in [0.2, 0.25) is 5.89 Å². The van der Waals surface area contributed by atoms with E-state index in [1.54, 1.807) is 12.1 Å². The molecule has 0 bridgehead atoms. The van der Waals surface area contributed by atoms with Gasteiger partial charge in [-0.1, -0.05) is 25.6 Å². The molecule has 0 fully saturated rings. The molecule has 2 N–H and O–H groups in total. The van der Waals surface area contributed by atoms with Gasteiger partial charge >= 0.3 is 5.97 Å². The summed E-state index contributed by atoms with van der Waals surface area (Å²) < 4.78 is 10.4. The summed E-state index contributed by atoms with van der Waals surface area (Å²) in [6, 6.07) is 12.8. The van der Waals surface area contributed by atoms with Crippen LogP contribution in [0.15, 0.2) is 46.9 Å². The number of nitrogens with two attached hydrogens (primary N) is 1. The van der Waals surface area contributed by atoms with E-state index in [1.165, 1.54) is 7.11 Å². The number of fused-ring (bicyclic) bond motifs is 1. The van der Waals surface area contributed by atoms with Crippen molar-refractivity contribution >= 4 is 22.8 Å². The highest BCUT2D eigenvalue weighted by molar-refractivity contribution is 5.81. The highest BCUT2D eigenvalue weighted by Crippen LogP contribution is 2.28. The monoisotopic (exact) mass is 298 g/mol. The molecule has 5 heteroatoms. The first-order valence-corrected chi connectivity index (χ1v) is 6.48. The maximum atomic E-state index is 11.3. The van der Waals surface area contributed by atoms with Crippen LogP contribution in [-0.2, 0) is 16.0 Å². The van der Waals surface area contributed by atoms with Crippen molar-refractivity contribution in [3.8, 4) is 11.5 Å². The summed E-state index contributed by atoms with van der Waals surface area (Å²) >= 11 is 0. The number of esters is 1. The molecule has 0 amide bonds. The second-order valence-electron chi connectivity index (χ2n) is 4.66. The lowest BCUT2D eigenvalue weighted by Crippen LogP contribution is -2.04. The van der Waals surface area contributed by atoms with E-state index in [9.17, 15) is 4.79 Å². The van der Waals surface area contributed by atoms with E-state index in [-0.39, 0.29) is 19.8 Å². The van der Waals surface area contributed by atoms with E-state index in [1.807, 2.05) is 30.3 Å². The lowest BCUT2D eigenvalue weighted by Gasteiger charge is -1.98. The first kappa shape index (κ1) is 15.6. The van der Waals surface area contributed by atoms with Crippen molar-refractivity contribution in [3.63, 3.8) is 0 Å². The van der Waals surface area contributed by atoms with Crippen molar-refractivity contribution in [1.82, 2.24) is 4.98 Å². The molecular weight excluding hydrogens is 280 g/mol. The number of ether oxygens (including phenoxy) is 1. The molecule has 0 spiro atoms. The van der Waals surface area contributed by atoms with Gasteiger partial charge in [0, 0.05) is 5.69 Å². The number of rotatable bonds is 3. The predicted molar refractivity (Wildman–Crippen MR) is 86.3 cm³/mol. The Morgan fingerprint density at radius 3 is 2.77 bits per heavy atom. The number of hydrogen-bond acceptors (Lipinski definition) is 5. The van der Waals surface area contributed by atoms with Crippen molar-refractivity contribution in [1.29, 1.82) is 0 Å². The Morgan fingerprint density at radius 1 is 1.27 bits per heavy atom.